The van der Waals surface area contributed by atoms with Crippen LogP contribution in [0.25, 0.3) is 0 Å². The van der Waals surface area contributed by atoms with E-state index < -0.39 is 40.2 Å². The van der Waals surface area contributed by atoms with Crippen molar-refractivity contribution in [2.45, 2.75) is 57.6 Å². The minimum atomic E-state index is -4.35. The van der Waals surface area contributed by atoms with Crippen LogP contribution in [0.1, 0.15) is 39.7 Å². The molecule has 2 atom stereocenters. The van der Waals surface area contributed by atoms with E-state index in [4.69, 9.17) is 27.9 Å². The van der Waals surface area contributed by atoms with Crippen LogP contribution in [0.3, 0.4) is 0 Å². The molecule has 0 aliphatic carbocycles. The summed E-state index contributed by atoms with van der Waals surface area (Å²) >= 11 is 12.5. The summed E-state index contributed by atoms with van der Waals surface area (Å²) in [5.41, 5.74) is 0.698. The van der Waals surface area contributed by atoms with E-state index in [0.717, 1.165) is 28.6 Å². The van der Waals surface area contributed by atoms with E-state index in [1.165, 1.54) is 23.1 Å². The SMILES string of the molecule is CCOc1ccc(N(CC(=O)N(Cc2ccc(Cl)cc2Cl)[C@@H](C)C(=O)N[C@H](C)CC)S(=O)(=O)c2ccc(F)cc2)cc1. The highest BCUT2D eigenvalue weighted by Gasteiger charge is 2.33. The summed E-state index contributed by atoms with van der Waals surface area (Å²) in [6.45, 7) is 6.82. The molecule has 0 aliphatic heterocycles. The topological polar surface area (TPSA) is 96.0 Å². The highest BCUT2D eigenvalue weighted by molar-refractivity contribution is 7.92. The standard InChI is InChI=1S/C30H34Cl2FN3O5S/c1-5-20(3)34-30(38)21(4)35(18-22-7-8-23(31)17-28(22)32)29(37)19-36(25-11-13-26(14-12-25)41-6-2)42(39,40)27-15-9-24(33)10-16-27/h7-17,20-21H,5-6,18-19H2,1-4H3,(H,34,38)/t20-,21+/m1/s1. The highest BCUT2D eigenvalue weighted by atomic mass is 35.5. The number of hydrogen-bond donors (Lipinski definition) is 1. The Morgan fingerprint density at radius 1 is 0.976 bits per heavy atom. The van der Waals surface area contributed by atoms with Crippen LogP contribution in [0.2, 0.25) is 10.0 Å². The van der Waals surface area contributed by atoms with Crippen molar-refractivity contribution in [3.8, 4) is 5.75 Å². The Hall–Kier alpha value is -3.34. The lowest BCUT2D eigenvalue weighted by molar-refractivity contribution is -0.139. The second-order valence-electron chi connectivity index (χ2n) is 9.64. The van der Waals surface area contributed by atoms with E-state index >= 15 is 0 Å². The molecule has 12 heteroatoms. The molecule has 1 N–H and O–H groups in total. The van der Waals surface area contributed by atoms with Crippen molar-refractivity contribution in [1.29, 1.82) is 0 Å². The molecule has 8 nitrogen and oxygen atoms in total. The van der Waals surface area contributed by atoms with Gasteiger partial charge in [-0.25, -0.2) is 12.8 Å². The fourth-order valence-electron chi connectivity index (χ4n) is 4.02. The largest absolute Gasteiger partial charge is 0.494 e. The fraction of sp³-hybridized carbons (Fsp3) is 0.333. The molecular weight excluding hydrogens is 604 g/mol. The van der Waals surface area contributed by atoms with Crippen molar-refractivity contribution >= 4 is 50.7 Å². The van der Waals surface area contributed by atoms with E-state index in [-0.39, 0.29) is 28.2 Å². The lowest BCUT2D eigenvalue weighted by atomic mass is 10.1. The van der Waals surface area contributed by atoms with Crippen LogP contribution in [-0.4, -0.2) is 50.4 Å². The number of sulfonamides is 1. The van der Waals surface area contributed by atoms with Gasteiger partial charge in [0, 0.05) is 22.6 Å². The van der Waals surface area contributed by atoms with Gasteiger partial charge in [-0.1, -0.05) is 36.2 Å². The Bertz CT molecular complexity index is 1490. The second-order valence-corrected chi connectivity index (χ2v) is 12.3. The molecule has 0 fully saturated rings. The van der Waals surface area contributed by atoms with Gasteiger partial charge in [0.2, 0.25) is 11.8 Å². The molecule has 3 aromatic rings. The second kappa shape index (κ2) is 14.7. The lowest BCUT2D eigenvalue weighted by Crippen LogP contribution is -2.52. The Morgan fingerprint density at radius 2 is 1.62 bits per heavy atom. The zero-order valence-corrected chi connectivity index (χ0v) is 26.1. The Balaban J connectivity index is 2.05. The van der Waals surface area contributed by atoms with E-state index in [9.17, 15) is 22.4 Å². The zero-order valence-electron chi connectivity index (χ0n) is 23.8. The maximum Gasteiger partial charge on any atom is 0.264 e. The first-order valence-electron chi connectivity index (χ1n) is 13.4. The van der Waals surface area contributed by atoms with E-state index in [1.54, 1.807) is 31.2 Å². The molecule has 0 bridgehead atoms. The summed E-state index contributed by atoms with van der Waals surface area (Å²) in [7, 11) is -4.35. The van der Waals surface area contributed by atoms with Crippen LogP contribution in [0, 0.1) is 5.82 Å². The number of amides is 2. The number of ether oxygens (including phenoxy) is 1. The quantitative estimate of drug-likeness (QED) is 0.246. The minimum absolute atomic E-state index is 0.0857. The predicted molar refractivity (Wildman–Crippen MR) is 163 cm³/mol. The van der Waals surface area contributed by atoms with Crippen LogP contribution < -0.4 is 14.4 Å². The highest BCUT2D eigenvalue weighted by Crippen LogP contribution is 2.28. The van der Waals surface area contributed by atoms with Gasteiger partial charge in [-0.15, -0.1) is 0 Å². The molecule has 2 amide bonds. The van der Waals surface area contributed by atoms with Gasteiger partial charge in [-0.2, -0.15) is 0 Å². The Kier molecular flexibility index (Phi) is 11.6. The zero-order chi connectivity index (χ0) is 31.0. The first-order chi connectivity index (χ1) is 19.9. The monoisotopic (exact) mass is 637 g/mol. The molecule has 0 saturated carbocycles. The van der Waals surface area contributed by atoms with E-state index in [2.05, 4.69) is 5.32 Å². The van der Waals surface area contributed by atoms with Crippen molar-refractivity contribution in [2.24, 2.45) is 0 Å². The average Bonchev–Trinajstić information content (AvgIpc) is 2.95. The summed E-state index contributed by atoms with van der Waals surface area (Å²) in [5.74, 6) is -1.16. The first-order valence-corrected chi connectivity index (χ1v) is 15.6. The van der Waals surface area contributed by atoms with Crippen molar-refractivity contribution in [1.82, 2.24) is 10.2 Å². The third-order valence-electron chi connectivity index (χ3n) is 6.64. The molecule has 0 aliphatic rings. The number of carbonyl (C=O) groups is 2. The summed E-state index contributed by atoms with van der Waals surface area (Å²) in [6.07, 6.45) is 0.677. The van der Waals surface area contributed by atoms with Crippen molar-refractivity contribution in [2.75, 3.05) is 17.5 Å². The fourth-order valence-corrected chi connectivity index (χ4v) is 5.90. The minimum Gasteiger partial charge on any atom is -0.494 e. The summed E-state index contributed by atoms with van der Waals surface area (Å²) in [5, 5.41) is 3.56. The number of halogens is 3. The van der Waals surface area contributed by atoms with Crippen molar-refractivity contribution < 1.29 is 27.1 Å². The molecule has 3 rings (SSSR count). The maximum absolute atomic E-state index is 14.0. The van der Waals surface area contributed by atoms with Gasteiger partial charge in [0.05, 0.1) is 17.2 Å². The molecule has 0 heterocycles. The van der Waals surface area contributed by atoms with Crippen LogP contribution >= 0.6 is 23.2 Å². The van der Waals surface area contributed by atoms with Crippen LogP contribution in [0.15, 0.2) is 71.6 Å². The molecule has 226 valence electrons. The van der Waals surface area contributed by atoms with Crippen LogP contribution in [0.5, 0.6) is 5.75 Å². The smallest absolute Gasteiger partial charge is 0.264 e. The number of hydrogen-bond acceptors (Lipinski definition) is 5. The van der Waals surface area contributed by atoms with Crippen molar-refractivity contribution in [3.63, 3.8) is 0 Å². The summed E-state index contributed by atoms with van der Waals surface area (Å²) in [6, 6.07) is 14.2. The summed E-state index contributed by atoms with van der Waals surface area (Å²) < 4.78 is 47.7. The van der Waals surface area contributed by atoms with Gasteiger partial charge < -0.3 is 15.0 Å². The molecule has 3 aromatic carbocycles. The molecule has 0 spiro atoms. The normalized spacial score (nSPS) is 12.7. The van der Waals surface area contributed by atoms with Gasteiger partial charge in [-0.05, 0) is 93.4 Å². The molecule has 0 radical (unpaired) electrons. The number of benzene rings is 3. The van der Waals surface area contributed by atoms with Gasteiger partial charge >= 0.3 is 0 Å². The number of nitrogens with one attached hydrogen (secondary N) is 1. The Labute approximate surface area is 256 Å². The maximum atomic E-state index is 14.0. The molecule has 0 aromatic heterocycles. The van der Waals surface area contributed by atoms with Crippen LogP contribution in [0.4, 0.5) is 10.1 Å². The summed E-state index contributed by atoms with van der Waals surface area (Å²) in [4.78, 5) is 28.2. The molecule has 0 saturated heterocycles. The van der Waals surface area contributed by atoms with Crippen LogP contribution in [-0.2, 0) is 26.2 Å². The van der Waals surface area contributed by atoms with Gasteiger partial charge in [0.15, 0.2) is 0 Å². The lowest BCUT2D eigenvalue weighted by Gasteiger charge is -2.32. The van der Waals surface area contributed by atoms with E-state index in [0.29, 0.717) is 29.4 Å². The number of rotatable bonds is 13. The van der Waals surface area contributed by atoms with Crippen molar-refractivity contribution in [3.05, 3.63) is 88.2 Å². The number of anilines is 1. The van der Waals surface area contributed by atoms with E-state index in [1.807, 2.05) is 20.8 Å². The number of nitrogens with zero attached hydrogens (tertiary/aromatic N) is 2. The van der Waals surface area contributed by atoms with Gasteiger partial charge in [0.25, 0.3) is 10.0 Å². The third kappa shape index (κ3) is 8.36. The predicted octanol–water partition coefficient (Wildman–Crippen LogP) is 6.06. The molecule has 0 unspecified atom stereocenters. The first kappa shape index (κ1) is 33.2. The average molecular weight is 639 g/mol. The molecular formula is C30H34Cl2FN3O5S. The molecule has 42 heavy (non-hydrogen) atoms. The third-order valence-corrected chi connectivity index (χ3v) is 9.02. The Morgan fingerprint density at radius 3 is 2.19 bits per heavy atom. The van der Waals surface area contributed by atoms with Gasteiger partial charge in [0.1, 0.15) is 24.2 Å². The number of carbonyl (C=O) groups excluding carboxylic acids is 2. The van der Waals surface area contributed by atoms with Gasteiger partial charge in [-0.3, -0.25) is 13.9 Å².